The number of hydrogen-bond donors (Lipinski definition) is 13. The number of aromatic amines is 1. The highest BCUT2D eigenvalue weighted by molar-refractivity contribution is 7.59. The van der Waals surface area contributed by atoms with Gasteiger partial charge in [0.15, 0.2) is 11.7 Å². The molecule has 3 aromatic carbocycles. The number of ketones is 1. The highest BCUT2D eigenvalue weighted by Crippen LogP contribution is 2.33. The summed E-state index contributed by atoms with van der Waals surface area (Å²) in [5.74, 6) is -17.1. The number of carbonyl (C=O) groups excluding carboxylic acids is 7. The monoisotopic (exact) mass is 1140 g/mol. The standard InChI is InChI=1S/C47H52FN9O17.3H2S/c1-22-5-11-29(48)24(17-22)18-38(62)51-25-8-6-23(7-9-25)27-3-2-4-31-40(27)41(57-56-31)55-39(63)21-50-37(61)20-30(49)42(64)54-34(47(73)74)14-16-36(60)53-33(46(71)72)13-15-35(59)52-32(45(69)70)12-10-26(58)19-28(43(65)66)44(67)68;;;/h2-9,11,17,28,30,32-34H,10,12-16,18-21,49H2,1H3,(H,50,61)(H,51,62)(H,52,59)(H,53,60)(H,54,64)(H,65,66)(H,67,68)(H,69,70)(H,71,72)(H,73,74)(H2,55,56,57,63);3*1H2/t30-,32-,33-,34-;;;/m0.../s1. The molecule has 77 heavy (non-hydrogen) atoms. The van der Waals surface area contributed by atoms with E-state index in [1.807, 2.05) is 5.32 Å². The molecule has 0 saturated heterocycles. The minimum atomic E-state index is -2.07. The van der Waals surface area contributed by atoms with Crippen molar-refractivity contribution in [2.45, 2.75) is 88.9 Å². The molecule has 0 aliphatic rings. The first-order valence-electron chi connectivity index (χ1n) is 22.4. The second-order valence-electron chi connectivity index (χ2n) is 16.7. The number of H-pyrrole nitrogens is 1. The lowest BCUT2D eigenvalue weighted by atomic mass is 9.98. The van der Waals surface area contributed by atoms with Gasteiger partial charge in [-0.15, -0.1) is 0 Å². The number of aliphatic carboxylic acids is 5. The Balaban J connectivity index is 0.00000988. The van der Waals surface area contributed by atoms with E-state index in [1.54, 1.807) is 61.5 Å². The number of amides is 6. The smallest absolute Gasteiger partial charge is 0.326 e. The van der Waals surface area contributed by atoms with Crippen molar-refractivity contribution in [2.24, 2.45) is 11.7 Å². The van der Waals surface area contributed by atoms with E-state index in [4.69, 9.17) is 15.9 Å². The lowest BCUT2D eigenvalue weighted by molar-refractivity contribution is -0.156. The van der Waals surface area contributed by atoms with Crippen LogP contribution in [-0.2, 0) is 64.0 Å². The van der Waals surface area contributed by atoms with Gasteiger partial charge in [-0.1, -0.05) is 42.0 Å². The fourth-order valence-electron chi connectivity index (χ4n) is 7.12. The third kappa shape index (κ3) is 21.2. The van der Waals surface area contributed by atoms with Crippen LogP contribution in [0.15, 0.2) is 60.7 Å². The summed E-state index contributed by atoms with van der Waals surface area (Å²) in [6, 6.07) is 9.59. The fourth-order valence-corrected chi connectivity index (χ4v) is 7.12. The first-order valence-corrected chi connectivity index (χ1v) is 22.4. The molecule has 0 radical (unpaired) electrons. The number of aryl methyl sites for hydroxylation is 1. The maximum atomic E-state index is 14.2. The fraction of sp³-hybridized carbons (Fsp3) is 0.340. The quantitative estimate of drug-likeness (QED) is 0.0334. The Hall–Kier alpha value is -8.09. The number of rotatable bonds is 29. The van der Waals surface area contributed by atoms with Gasteiger partial charge >= 0.3 is 29.8 Å². The van der Waals surface area contributed by atoms with Gasteiger partial charge in [0, 0.05) is 31.4 Å². The number of nitrogens with zero attached hydrogens (tertiary/aromatic N) is 1. The van der Waals surface area contributed by atoms with Crippen LogP contribution in [0.1, 0.15) is 62.5 Å². The zero-order valence-electron chi connectivity index (χ0n) is 40.8. The molecule has 4 atom stereocenters. The van der Waals surface area contributed by atoms with Crippen molar-refractivity contribution >= 4 is 134 Å². The van der Waals surface area contributed by atoms with Crippen molar-refractivity contribution in [3.05, 3.63) is 77.6 Å². The molecular formula is C47H58FN9O17S3. The van der Waals surface area contributed by atoms with Crippen LogP contribution < -0.4 is 37.6 Å². The minimum Gasteiger partial charge on any atom is -0.481 e. The number of nitrogens with two attached hydrogens (primary N) is 1. The van der Waals surface area contributed by atoms with Crippen molar-refractivity contribution in [1.82, 2.24) is 31.5 Å². The lowest BCUT2D eigenvalue weighted by Gasteiger charge is -2.19. The van der Waals surface area contributed by atoms with Crippen LogP contribution in [-0.4, -0.2) is 138 Å². The van der Waals surface area contributed by atoms with Crippen LogP contribution in [0.25, 0.3) is 22.0 Å². The molecule has 0 aliphatic heterocycles. The first-order chi connectivity index (χ1) is 34.9. The van der Waals surface area contributed by atoms with Gasteiger partial charge in [-0.3, -0.25) is 48.2 Å². The molecule has 0 aliphatic carbocycles. The lowest BCUT2D eigenvalue weighted by Crippen LogP contribution is -2.50. The average Bonchev–Trinajstić information content (AvgIpc) is 3.74. The molecule has 0 unspecified atom stereocenters. The second kappa shape index (κ2) is 31.7. The third-order valence-corrected chi connectivity index (χ3v) is 11.0. The summed E-state index contributed by atoms with van der Waals surface area (Å²) in [6.07, 6.45) is -5.59. The normalized spacial score (nSPS) is 12.1. The average molecular weight is 1140 g/mol. The van der Waals surface area contributed by atoms with Crippen molar-refractivity contribution in [3.63, 3.8) is 0 Å². The Bertz CT molecular complexity index is 2820. The van der Waals surface area contributed by atoms with E-state index in [-0.39, 0.29) is 58.3 Å². The highest BCUT2D eigenvalue weighted by Gasteiger charge is 2.31. The number of carbonyl (C=O) groups is 12. The van der Waals surface area contributed by atoms with Gasteiger partial charge in [-0.05, 0) is 67.1 Å². The van der Waals surface area contributed by atoms with E-state index in [1.165, 1.54) is 6.07 Å². The molecule has 4 aromatic rings. The topological polar surface area (TPSA) is 433 Å². The summed E-state index contributed by atoms with van der Waals surface area (Å²) in [6.45, 7) is 1.18. The summed E-state index contributed by atoms with van der Waals surface area (Å²) in [5.41, 5.74) is 9.21. The molecule has 4 rings (SSSR count). The van der Waals surface area contributed by atoms with Crippen LogP contribution in [0.4, 0.5) is 15.9 Å². The SMILES string of the molecule is Cc1ccc(F)c(CC(=O)Nc2ccc(-c3cccc4[nH]nc(NC(=O)CNC(=O)C[C@H](N)C(=O)N[C@@H](CCC(=O)N[C@@H](CCC(=O)N[C@@H](CCC(=O)CC(C(=O)O)C(=O)O)C(=O)O)C(=O)O)C(=O)O)c34)cc2)c1.S.S.S. The summed E-state index contributed by atoms with van der Waals surface area (Å²) >= 11 is 0. The second-order valence-corrected chi connectivity index (χ2v) is 16.7. The Morgan fingerprint density at radius 1 is 0.623 bits per heavy atom. The maximum Gasteiger partial charge on any atom is 0.326 e. The van der Waals surface area contributed by atoms with Gasteiger partial charge in [0.05, 0.1) is 36.3 Å². The number of carboxylic acids is 5. The van der Waals surface area contributed by atoms with Gasteiger partial charge in [-0.25, -0.2) is 18.8 Å². The molecule has 0 fully saturated rings. The summed E-state index contributed by atoms with van der Waals surface area (Å²) < 4.78 is 14.2. The molecular weight excluding hydrogens is 1080 g/mol. The number of hydrogen-bond acceptors (Lipinski definition) is 14. The number of anilines is 2. The van der Waals surface area contributed by atoms with Crippen molar-refractivity contribution in [3.8, 4) is 11.1 Å². The first kappa shape index (κ1) is 66.9. The Kier molecular flexibility index (Phi) is 27.6. The molecule has 26 nitrogen and oxygen atoms in total. The van der Waals surface area contributed by atoms with E-state index in [2.05, 4.69) is 36.8 Å². The van der Waals surface area contributed by atoms with Crippen LogP contribution in [0, 0.1) is 18.7 Å². The number of carboxylic acid groups (broad SMARTS) is 5. The Labute approximate surface area is 457 Å². The number of halogens is 1. The number of nitrogens with one attached hydrogen (secondary N) is 7. The van der Waals surface area contributed by atoms with Gasteiger partial charge in [0.1, 0.15) is 29.7 Å². The maximum absolute atomic E-state index is 14.2. The molecule has 0 bridgehead atoms. The predicted octanol–water partition coefficient (Wildman–Crippen LogP) is 0.763. The Morgan fingerprint density at radius 2 is 1.17 bits per heavy atom. The van der Waals surface area contributed by atoms with E-state index in [0.29, 0.717) is 27.7 Å². The number of benzene rings is 3. The van der Waals surface area contributed by atoms with Gasteiger partial charge in [0.25, 0.3) is 0 Å². The van der Waals surface area contributed by atoms with Crippen LogP contribution in [0.5, 0.6) is 0 Å². The molecule has 1 aromatic heterocycles. The number of aromatic nitrogens is 2. The molecule has 418 valence electrons. The molecule has 1 heterocycles. The molecule has 14 N–H and O–H groups in total. The number of fused-ring (bicyclic) bond motifs is 1. The minimum absolute atomic E-state index is 0. The van der Waals surface area contributed by atoms with E-state index < -0.39 is 165 Å². The zero-order chi connectivity index (χ0) is 54.8. The van der Waals surface area contributed by atoms with Crippen molar-refractivity contribution in [2.75, 3.05) is 17.2 Å². The van der Waals surface area contributed by atoms with Crippen LogP contribution >= 0.6 is 40.5 Å². The predicted molar refractivity (Wildman–Crippen MR) is 285 cm³/mol. The van der Waals surface area contributed by atoms with E-state index in [9.17, 15) is 77.2 Å². The zero-order valence-corrected chi connectivity index (χ0v) is 43.8. The van der Waals surface area contributed by atoms with Crippen molar-refractivity contribution < 1.29 is 87.5 Å². The number of Topliss-reactive ketones (excluding diaryl/α,β-unsaturated/α-hetero) is 1. The molecule has 30 heteroatoms. The van der Waals surface area contributed by atoms with Crippen molar-refractivity contribution in [1.29, 1.82) is 0 Å². The van der Waals surface area contributed by atoms with Gasteiger partial charge in [-0.2, -0.15) is 45.6 Å². The summed E-state index contributed by atoms with van der Waals surface area (Å²) in [5, 5.41) is 67.9. The van der Waals surface area contributed by atoms with E-state index in [0.717, 1.165) is 5.56 Å². The van der Waals surface area contributed by atoms with Crippen LogP contribution in [0.2, 0.25) is 0 Å². The summed E-state index contributed by atoms with van der Waals surface area (Å²) in [4.78, 5) is 146. The molecule has 6 amide bonds. The largest absolute Gasteiger partial charge is 0.481 e. The van der Waals surface area contributed by atoms with Gasteiger partial charge < -0.3 is 63.2 Å². The molecule has 0 saturated carbocycles. The van der Waals surface area contributed by atoms with E-state index >= 15 is 0 Å². The highest BCUT2D eigenvalue weighted by atomic mass is 32.1. The van der Waals surface area contributed by atoms with Gasteiger partial charge in [0.2, 0.25) is 35.4 Å². The Morgan fingerprint density at radius 3 is 1.71 bits per heavy atom. The summed E-state index contributed by atoms with van der Waals surface area (Å²) in [7, 11) is 0. The molecule has 0 spiro atoms. The van der Waals surface area contributed by atoms with Crippen LogP contribution in [0.3, 0.4) is 0 Å². The third-order valence-electron chi connectivity index (χ3n) is 11.0.